The van der Waals surface area contributed by atoms with Crippen molar-refractivity contribution in [2.75, 3.05) is 12.4 Å². The lowest BCUT2D eigenvalue weighted by atomic mass is 10.1. The van der Waals surface area contributed by atoms with Gasteiger partial charge < -0.3 is 10.1 Å². The molecule has 0 aliphatic heterocycles. The number of nitrogens with two attached hydrogens (primary N) is 1. The minimum Gasteiger partial charge on any atom is -0.480 e. The minimum atomic E-state index is -3.68. The fourth-order valence-electron chi connectivity index (χ4n) is 2.24. The second-order valence-electron chi connectivity index (χ2n) is 5.47. The van der Waals surface area contributed by atoms with Crippen molar-refractivity contribution in [3.05, 3.63) is 52.8 Å². The van der Waals surface area contributed by atoms with Crippen molar-refractivity contribution < 1.29 is 13.2 Å². The van der Waals surface area contributed by atoms with Crippen LogP contribution in [0.15, 0.2) is 41.6 Å². The maximum atomic E-state index is 11.3. The van der Waals surface area contributed by atoms with Gasteiger partial charge in [-0.15, -0.1) is 11.3 Å². The Morgan fingerprint density at radius 3 is 2.58 bits per heavy atom. The van der Waals surface area contributed by atoms with Gasteiger partial charge in [-0.25, -0.2) is 18.5 Å². The molecule has 0 saturated carbocycles. The zero-order valence-electron chi connectivity index (χ0n) is 14.1. The molecule has 0 spiro atoms. The van der Waals surface area contributed by atoms with Crippen molar-refractivity contribution in [1.29, 1.82) is 0 Å². The molecular weight excluding hydrogens is 374 g/mol. The highest BCUT2D eigenvalue weighted by Gasteiger charge is 2.11. The number of rotatable bonds is 6. The molecule has 0 aliphatic carbocycles. The predicted octanol–water partition coefficient (Wildman–Crippen LogP) is 2.23. The van der Waals surface area contributed by atoms with E-state index in [0.29, 0.717) is 23.3 Å². The number of methoxy groups -OCH3 is 1. The third kappa shape index (κ3) is 4.34. The van der Waals surface area contributed by atoms with Crippen LogP contribution in [0.1, 0.15) is 16.1 Å². The number of primary sulfonamides is 1. The van der Waals surface area contributed by atoms with E-state index in [1.165, 1.54) is 36.8 Å². The number of hydrogen-bond donors (Lipinski definition) is 2. The van der Waals surface area contributed by atoms with Crippen molar-refractivity contribution in [3.63, 3.8) is 0 Å². The van der Waals surface area contributed by atoms with Crippen molar-refractivity contribution >= 4 is 32.3 Å². The number of aromatic nitrogens is 3. The lowest BCUT2D eigenvalue weighted by molar-refractivity contribution is 0.396. The Morgan fingerprint density at radius 2 is 1.92 bits per heavy atom. The lowest BCUT2D eigenvalue weighted by Gasteiger charge is -2.03. The first-order valence-electron chi connectivity index (χ1n) is 7.56. The van der Waals surface area contributed by atoms with Gasteiger partial charge in [0.25, 0.3) is 0 Å². The number of benzene rings is 1. The minimum absolute atomic E-state index is 0.0984. The van der Waals surface area contributed by atoms with Crippen LogP contribution < -0.4 is 15.2 Å². The van der Waals surface area contributed by atoms with Crippen LogP contribution in [0.5, 0.6) is 5.88 Å². The lowest BCUT2D eigenvalue weighted by Crippen LogP contribution is -2.11. The molecule has 2 heterocycles. The number of anilines is 2. The van der Waals surface area contributed by atoms with Crippen molar-refractivity contribution in [2.24, 2.45) is 5.14 Å². The smallest absolute Gasteiger partial charge is 0.238 e. The highest BCUT2D eigenvalue weighted by molar-refractivity contribution is 7.89. The van der Waals surface area contributed by atoms with Crippen LogP contribution >= 0.6 is 11.3 Å². The number of ether oxygens (including phenoxy) is 1. The fraction of sp³-hybridized carbons (Fsp3) is 0.188. The molecule has 0 radical (unpaired) electrons. The highest BCUT2D eigenvalue weighted by Crippen LogP contribution is 2.27. The summed E-state index contributed by atoms with van der Waals surface area (Å²) in [7, 11) is -2.15. The van der Waals surface area contributed by atoms with Gasteiger partial charge in [-0.3, -0.25) is 4.98 Å². The molecule has 0 atom stereocenters. The summed E-state index contributed by atoms with van der Waals surface area (Å²) in [4.78, 5) is 13.9. The highest BCUT2D eigenvalue weighted by atomic mass is 32.2. The van der Waals surface area contributed by atoms with E-state index in [2.05, 4.69) is 20.3 Å². The second kappa shape index (κ2) is 7.36. The molecule has 8 nitrogen and oxygen atoms in total. The summed E-state index contributed by atoms with van der Waals surface area (Å²) < 4.78 is 27.7. The first-order chi connectivity index (χ1) is 12.3. The summed E-state index contributed by atoms with van der Waals surface area (Å²) in [6, 6.07) is 6.51. The number of nitrogens with zero attached hydrogens (tertiary/aromatic N) is 3. The van der Waals surface area contributed by atoms with Gasteiger partial charge in [-0.05, 0) is 24.6 Å². The Bertz CT molecular complexity index is 1020. The topological polar surface area (TPSA) is 120 Å². The molecule has 0 aliphatic rings. The summed E-state index contributed by atoms with van der Waals surface area (Å²) in [5.41, 5.74) is 1.86. The van der Waals surface area contributed by atoms with Crippen LogP contribution in [0.3, 0.4) is 0 Å². The molecule has 26 heavy (non-hydrogen) atoms. The Hall–Kier alpha value is -2.56. The van der Waals surface area contributed by atoms with Gasteiger partial charge in [0, 0.05) is 11.3 Å². The first-order valence-corrected chi connectivity index (χ1v) is 9.92. The number of sulfonamides is 1. The summed E-state index contributed by atoms with van der Waals surface area (Å²) in [5, 5.41) is 8.93. The Labute approximate surface area is 155 Å². The van der Waals surface area contributed by atoms with Crippen LogP contribution in [-0.2, 0) is 16.4 Å². The van der Waals surface area contributed by atoms with Gasteiger partial charge >= 0.3 is 0 Å². The van der Waals surface area contributed by atoms with Crippen molar-refractivity contribution in [1.82, 2.24) is 15.0 Å². The normalized spacial score (nSPS) is 11.3. The molecule has 0 amide bonds. The van der Waals surface area contributed by atoms with E-state index in [4.69, 9.17) is 9.88 Å². The van der Waals surface area contributed by atoms with Crippen molar-refractivity contribution in [3.8, 4) is 5.88 Å². The van der Waals surface area contributed by atoms with E-state index in [-0.39, 0.29) is 4.90 Å². The second-order valence-corrected chi connectivity index (χ2v) is 8.11. The summed E-state index contributed by atoms with van der Waals surface area (Å²) in [6.45, 7) is 1.92. The van der Waals surface area contributed by atoms with E-state index < -0.39 is 10.0 Å². The molecule has 0 saturated heterocycles. The van der Waals surface area contributed by atoms with E-state index in [0.717, 1.165) is 16.1 Å². The van der Waals surface area contributed by atoms with Crippen LogP contribution in [-0.4, -0.2) is 30.5 Å². The first kappa shape index (κ1) is 18.2. The van der Waals surface area contributed by atoms with Gasteiger partial charge in [-0.1, -0.05) is 12.1 Å². The largest absolute Gasteiger partial charge is 0.480 e. The molecule has 1 aromatic carbocycles. The van der Waals surface area contributed by atoms with Gasteiger partial charge in [-0.2, -0.15) is 4.98 Å². The predicted molar refractivity (Wildman–Crippen MR) is 99.3 cm³/mol. The third-order valence-corrected chi connectivity index (χ3v) is 5.57. The molecule has 10 heteroatoms. The molecule has 136 valence electrons. The molecule has 0 fully saturated rings. The van der Waals surface area contributed by atoms with Gasteiger partial charge in [0.15, 0.2) is 10.9 Å². The SMILES string of the molecule is COc1cncc(Nc2nc(C)c(Cc3ccc(S(N)(=O)=O)cc3)s2)n1. The Balaban J connectivity index is 1.75. The third-order valence-electron chi connectivity index (χ3n) is 3.57. The number of thiazole rings is 1. The van der Waals surface area contributed by atoms with Crippen LogP contribution in [0.4, 0.5) is 10.9 Å². The maximum Gasteiger partial charge on any atom is 0.238 e. The van der Waals surface area contributed by atoms with E-state index >= 15 is 0 Å². The summed E-state index contributed by atoms with van der Waals surface area (Å²) >= 11 is 1.50. The standard InChI is InChI=1S/C16H17N5O3S2/c1-10-13(7-11-3-5-12(6-4-11)26(17,22)23)25-16(19-10)21-14-8-18-9-15(20-14)24-2/h3-6,8-9H,7H2,1-2H3,(H2,17,22,23)(H,19,20,21). The number of hydrogen-bond acceptors (Lipinski definition) is 8. The van der Waals surface area contributed by atoms with E-state index in [1.807, 2.05) is 6.92 Å². The van der Waals surface area contributed by atoms with Gasteiger partial charge in [0.1, 0.15) is 0 Å². The summed E-state index contributed by atoms with van der Waals surface area (Å²) in [5.74, 6) is 0.959. The summed E-state index contributed by atoms with van der Waals surface area (Å²) in [6.07, 6.45) is 3.75. The monoisotopic (exact) mass is 391 g/mol. The molecule has 2 aromatic heterocycles. The molecule has 3 rings (SSSR count). The molecule has 3 aromatic rings. The quantitative estimate of drug-likeness (QED) is 0.661. The van der Waals surface area contributed by atoms with Gasteiger partial charge in [0.2, 0.25) is 15.9 Å². The Morgan fingerprint density at radius 1 is 1.19 bits per heavy atom. The maximum absolute atomic E-state index is 11.3. The van der Waals surface area contributed by atoms with E-state index in [1.54, 1.807) is 18.3 Å². The molecule has 3 N–H and O–H groups in total. The fourth-order valence-corrected chi connectivity index (χ4v) is 3.76. The Kier molecular flexibility index (Phi) is 5.16. The number of nitrogens with one attached hydrogen (secondary N) is 1. The van der Waals surface area contributed by atoms with Gasteiger partial charge in [0.05, 0.1) is 30.1 Å². The zero-order chi connectivity index (χ0) is 18.7. The molecule has 0 unspecified atom stereocenters. The average molecular weight is 391 g/mol. The molecular formula is C16H17N5O3S2. The molecule has 0 bridgehead atoms. The van der Waals surface area contributed by atoms with Crippen LogP contribution in [0, 0.1) is 6.92 Å². The van der Waals surface area contributed by atoms with E-state index in [9.17, 15) is 8.42 Å². The van der Waals surface area contributed by atoms with Crippen molar-refractivity contribution in [2.45, 2.75) is 18.2 Å². The van der Waals surface area contributed by atoms with Crippen LogP contribution in [0.25, 0.3) is 0 Å². The average Bonchev–Trinajstić information content (AvgIpc) is 2.94. The number of aryl methyl sites for hydroxylation is 1. The van der Waals surface area contributed by atoms with Crippen LogP contribution in [0.2, 0.25) is 0 Å². The zero-order valence-corrected chi connectivity index (χ0v) is 15.8.